The van der Waals surface area contributed by atoms with E-state index >= 15 is 0 Å². The molecule has 2 N–H and O–H groups in total. The van der Waals surface area contributed by atoms with Gasteiger partial charge in [-0.1, -0.05) is 18.2 Å². The van der Waals surface area contributed by atoms with Gasteiger partial charge in [-0.25, -0.2) is 0 Å². The van der Waals surface area contributed by atoms with Crippen LogP contribution in [0.4, 0.5) is 5.69 Å². The number of para-hydroxylation sites is 1. The highest BCUT2D eigenvalue weighted by Crippen LogP contribution is 2.25. The number of nitrogens with zero attached hydrogens (tertiary/aromatic N) is 1. The number of hydrogen-bond donors (Lipinski definition) is 1. The molecule has 0 amide bonds. The number of thiophene rings is 1. The van der Waals surface area contributed by atoms with Crippen molar-refractivity contribution in [1.29, 1.82) is 0 Å². The molecule has 1 atom stereocenters. The first kappa shape index (κ1) is 12.1. The van der Waals surface area contributed by atoms with Gasteiger partial charge in [0, 0.05) is 25.3 Å². The summed E-state index contributed by atoms with van der Waals surface area (Å²) in [4.78, 5) is 2.25. The average Bonchev–Trinajstić information content (AvgIpc) is 2.81. The molecule has 0 saturated carbocycles. The summed E-state index contributed by atoms with van der Waals surface area (Å²) >= 11 is 1.74. The van der Waals surface area contributed by atoms with Crippen molar-refractivity contribution in [3.8, 4) is 0 Å². The molecule has 0 saturated heterocycles. The van der Waals surface area contributed by atoms with Crippen LogP contribution in [0.1, 0.15) is 24.1 Å². The van der Waals surface area contributed by atoms with E-state index in [2.05, 4.69) is 47.0 Å². The van der Waals surface area contributed by atoms with Gasteiger partial charge in [0.1, 0.15) is 0 Å². The van der Waals surface area contributed by atoms with Crippen LogP contribution in [0.15, 0.2) is 41.1 Å². The normalized spacial score (nSPS) is 12.4. The first-order chi connectivity index (χ1) is 8.18. The molecule has 1 heterocycles. The summed E-state index contributed by atoms with van der Waals surface area (Å²) in [6.45, 7) is 2.95. The maximum Gasteiger partial charge on any atom is 0.0434 e. The summed E-state index contributed by atoms with van der Waals surface area (Å²) in [5.74, 6) is 0. The van der Waals surface area contributed by atoms with E-state index in [0.717, 1.165) is 6.54 Å². The van der Waals surface area contributed by atoms with Gasteiger partial charge in [0.05, 0.1) is 0 Å². The molecule has 17 heavy (non-hydrogen) atoms. The SMILES string of the molecule is CC(N)c1ccccc1N(C)Cc1ccsc1. The van der Waals surface area contributed by atoms with Crippen LogP contribution >= 0.6 is 11.3 Å². The van der Waals surface area contributed by atoms with Crippen LogP contribution in [-0.4, -0.2) is 7.05 Å². The van der Waals surface area contributed by atoms with E-state index in [9.17, 15) is 0 Å². The molecule has 0 bridgehead atoms. The summed E-state index contributed by atoms with van der Waals surface area (Å²) < 4.78 is 0. The van der Waals surface area contributed by atoms with Gasteiger partial charge in [-0.15, -0.1) is 0 Å². The van der Waals surface area contributed by atoms with Gasteiger partial charge >= 0.3 is 0 Å². The third-order valence-corrected chi connectivity index (χ3v) is 3.57. The van der Waals surface area contributed by atoms with E-state index in [1.54, 1.807) is 11.3 Å². The second kappa shape index (κ2) is 5.34. The van der Waals surface area contributed by atoms with Gasteiger partial charge in [-0.3, -0.25) is 0 Å². The quantitative estimate of drug-likeness (QED) is 0.896. The predicted octanol–water partition coefficient (Wildman–Crippen LogP) is 3.40. The van der Waals surface area contributed by atoms with Crippen molar-refractivity contribution >= 4 is 17.0 Å². The van der Waals surface area contributed by atoms with Crippen molar-refractivity contribution in [1.82, 2.24) is 0 Å². The van der Waals surface area contributed by atoms with Crippen LogP contribution in [0.2, 0.25) is 0 Å². The number of hydrogen-bond acceptors (Lipinski definition) is 3. The van der Waals surface area contributed by atoms with Gasteiger partial charge < -0.3 is 10.6 Å². The van der Waals surface area contributed by atoms with Gasteiger partial charge in [-0.2, -0.15) is 11.3 Å². The zero-order valence-corrected chi connectivity index (χ0v) is 11.1. The highest BCUT2D eigenvalue weighted by atomic mass is 32.1. The largest absolute Gasteiger partial charge is 0.370 e. The summed E-state index contributed by atoms with van der Waals surface area (Å²) in [6.07, 6.45) is 0. The van der Waals surface area contributed by atoms with Crippen LogP contribution in [0.25, 0.3) is 0 Å². The zero-order chi connectivity index (χ0) is 12.3. The van der Waals surface area contributed by atoms with Crippen molar-refractivity contribution in [3.05, 3.63) is 52.2 Å². The predicted molar refractivity (Wildman–Crippen MR) is 75.5 cm³/mol. The molecule has 1 aromatic carbocycles. The molecule has 3 heteroatoms. The second-order valence-electron chi connectivity index (χ2n) is 4.34. The van der Waals surface area contributed by atoms with E-state index in [1.807, 2.05) is 13.0 Å². The molecule has 0 radical (unpaired) electrons. The fraction of sp³-hybridized carbons (Fsp3) is 0.286. The average molecular weight is 246 g/mol. The molecule has 2 nitrogen and oxygen atoms in total. The molecule has 0 spiro atoms. The minimum absolute atomic E-state index is 0.0659. The third-order valence-electron chi connectivity index (χ3n) is 2.84. The Balaban J connectivity index is 2.21. The fourth-order valence-corrected chi connectivity index (χ4v) is 2.62. The number of anilines is 1. The van der Waals surface area contributed by atoms with Crippen LogP contribution in [0.3, 0.4) is 0 Å². The molecule has 2 rings (SSSR count). The molecule has 0 aliphatic rings. The van der Waals surface area contributed by atoms with Crippen molar-refractivity contribution in [2.24, 2.45) is 5.73 Å². The standard InChI is InChI=1S/C14H18N2S/c1-11(15)13-5-3-4-6-14(13)16(2)9-12-7-8-17-10-12/h3-8,10-11H,9,15H2,1-2H3. The Morgan fingerprint density at radius 1 is 1.29 bits per heavy atom. The van der Waals surface area contributed by atoms with Crippen molar-refractivity contribution < 1.29 is 0 Å². The highest BCUT2D eigenvalue weighted by molar-refractivity contribution is 7.07. The first-order valence-electron chi connectivity index (χ1n) is 5.75. The zero-order valence-electron chi connectivity index (χ0n) is 10.3. The van der Waals surface area contributed by atoms with Gasteiger partial charge in [0.15, 0.2) is 0 Å². The lowest BCUT2D eigenvalue weighted by Crippen LogP contribution is -2.19. The third kappa shape index (κ3) is 2.87. The molecule has 1 aromatic heterocycles. The Hall–Kier alpha value is -1.32. The molecule has 90 valence electrons. The molecule has 0 aliphatic heterocycles. The van der Waals surface area contributed by atoms with E-state index in [-0.39, 0.29) is 6.04 Å². The lowest BCUT2D eigenvalue weighted by Gasteiger charge is -2.23. The first-order valence-corrected chi connectivity index (χ1v) is 6.69. The summed E-state index contributed by atoms with van der Waals surface area (Å²) in [6, 6.07) is 10.6. The lowest BCUT2D eigenvalue weighted by molar-refractivity contribution is 0.801. The topological polar surface area (TPSA) is 29.3 Å². The molecule has 2 aromatic rings. The molecule has 0 fully saturated rings. The van der Waals surface area contributed by atoms with E-state index in [0.29, 0.717) is 0 Å². The molecule has 0 aliphatic carbocycles. The summed E-state index contributed by atoms with van der Waals surface area (Å²) in [5, 5.41) is 4.30. The summed E-state index contributed by atoms with van der Waals surface area (Å²) in [7, 11) is 2.11. The Morgan fingerprint density at radius 3 is 2.71 bits per heavy atom. The Kier molecular flexibility index (Phi) is 3.82. The van der Waals surface area contributed by atoms with Crippen molar-refractivity contribution in [2.75, 3.05) is 11.9 Å². The van der Waals surface area contributed by atoms with Gasteiger partial charge in [0.2, 0.25) is 0 Å². The summed E-state index contributed by atoms with van der Waals surface area (Å²) in [5.41, 5.74) is 9.76. The molecular formula is C14H18N2S. The lowest BCUT2D eigenvalue weighted by atomic mass is 10.1. The van der Waals surface area contributed by atoms with E-state index in [1.165, 1.54) is 16.8 Å². The maximum atomic E-state index is 6.00. The molecular weight excluding hydrogens is 228 g/mol. The highest BCUT2D eigenvalue weighted by Gasteiger charge is 2.10. The minimum Gasteiger partial charge on any atom is -0.370 e. The van der Waals surface area contributed by atoms with Crippen LogP contribution in [0.5, 0.6) is 0 Å². The van der Waals surface area contributed by atoms with Crippen LogP contribution < -0.4 is 10.6 Å². The monoisotopic (exact) mass is 246 g/mol. The van der Waals surface area contributed by atoms with Crippen LogP contribution in [0, 0.1) is 0 Å². The van der Waals surface area contributed by atoms with Crippen molar-refractivity contribution in [2.45, 2.75) is 19.5 Å². The Morgan fingerprint density at radius 2 is 2.06 bits per heavy atom. The van der Waals surface area contributed by atoms with E-state index < -0.39 is 0 Å². The van der Waals surface area contributed by atoms with Gasteiger partial charge in [0.25, 0.3) is 0 Å². The van der Waals surface area contributed by atoms with Crippen LogP contribution in [-0.2, 0) is 6.54 Å². The van der Waals surface area contributed by atoms with Gasteiger partial charge in [-0.05, 0) is 40.9 Å². The Labute approximate surface area is 107 Å². The number of nitrogens with two attached hydrogens (primary N) is 1. The second-order valence-corrected chi connectivity index (χ2v) is 5.12. The molecule has 1 unspecified atom stereocenters. The number of rotatable bonds is 4. The number of benzene rings is 1. The van der Waals surface area contributed by atoms with E-state index in [4.69, 9.17) is 5.73 Å². The minimum atomic E-state index is 0.0659. The van der Waals surface area contributed by atoms with Crippen molar-refractivity contribution in [3.63, 3.8) is 0 Å². The smallest absolute Gasteiger partial charge is 0.0434 e. The Bertz CT molecular complexity index is 463. The maximum absolute atomic E-state index is 6.00. The fourth-order valence-electron chi connectivity index (χ4n) is 1.96.